The van der Waals surface area contributed by atoms with Crippen molar-refractivity contribution >= 4 is 29.2 Å². The van der Waals surface area contributed by atoms with Gasteiger partial charge in [0.05, 0.1) is 0 Å². The minimum absolute atomic E-state index is 0.0145. The summed E-state index contributed by atoms with van der Waals surface area (Å²) in [4.78, 5) is 21.7. The molecule has 8 nitrogen and oxygen atoms in total. The fourth-order valence-corrected chi connectivity index (χ4v) is 3.34. The van der Waals surface area contributed by atoms with Gasteiger partial charge in [0, 0.05) is 43.1 Å². The van der Waals surface area contributed by atoms with Crippen molar-refractivity contribution in [1.29, 1.82) is 5.26 Å². The first kappa shape index (κ1) is 21.6. The van der Waals surface area contributed by atoms with Crippen molar-refractivity contribution < 1.29 is 19.0 Å². The number of halogens is 2. The normalized spacial score (nSPS) is 14.5. The van der Waals surface area contributed by atoms with E-state index in [1.54, 1.807) is 6.07 Å². The van der Waals surface area contributed by atoms with E-state index in [9.17, 15) is 19.6 Å². The zero-order valence-corrected chi connectivity index (χ0v) is 17.3. The van der Waals surface area contributed by atoms with Gasteiger partial charge in [-0.1, -0.05) is 11.6 Å². The van der Waals surface area contributed by atoms with Crippen LogP contribution in [0.3, 0.4) is 0 Å². The first-order valence-corrected chi connectivity index (χ1v) is 9.85. The molecule has 1 aliphatic heterocycles. The zero-order valence-electron chi connectivity index (χ0n) is 16.5. The predicted molar refractivity (Wildman–Crippen MR) is 110 cm³/mol. The van der Waals surface area contributed by atoms with Crippen molar-refractivity contribution in [2.24, 2.45) is 0 Å². The first-order chi connectivity index (χ1) is 14.3. The molecular formula is C20H21ClFN5O3. The number of carbonyl (C=O) groups is 1. The lowest BCUT2D eigenvalue weighted by atomic mass is 10.1. The quantitative estimate of drug-likeness (QED) is 0.709. The Hall–Kier alpha value is -3.12. The second-order valence-corrected chi connectivity index (χ2v) is 7.62. The van der Waals surface area contributed by atoms with Crippen molar-refractivity contribution in [3.05, 3.63) is 40.4 Å². The second-order valence-electron chi connectivity index (χ2n) is 7.19. The van der Waals surface area contributed by atoms with Crippen LogP contribution in [0, 0.1) is 17.1 Å². The number of nitrogens with zero attached hydrogens (tertiary/aromatic N) is 4. The third-order valence-electron chi connectivity index (χ3n) is 4.54. The van der Waals surface area contributed by atoms with Crippen LogP contribution in [0.2, 0.25) is 5.02 Å². The van der Waals surface area contributed by atoms with Gasteiger partial charge in [-0.2, -0.15) is 5.26 Å². The van der Waals surface area contributed by atoms with Gasteiger partial charge >= 0.3 is 5.97 Å². The maximum Gasteiger partial charge on any atom is 0.357 e. The fourth-order valence-electron chi connectivity index (χ4n) is 3.18. The van der Waals surface area contributed by atoms with Gasteiger partial charge in [-0.15, -0.1) is 0 Å². The summed E-state index contributed by atoms with van der Waals surface area (Å²) in [5, 5.41) is 22.1. The molecule has 0 unspecified atom stereocenters. The van der Waals surface area contributed by atoms with E-state index in [1.165, 1.54) is 18.2 Å². The molecule has 0 bridgehead atoms. The molecule has 1 aromatic heterocycles. The van der Waals surface area contributed by atoms with Crippen LogP contribution >= 0.6 is 11.6 Å². The van der Waals surface area contributed by atoms with Gasteiger partial charge in [-0.25, -0.2) is 19.2 Å². The predicted octanol–water partition coefficient (Wildman–Crippen LogP) is 3.71. The topological polar surface area (TPSA) is 111 Å². The van der Waals surface area contributed by atoms with E-state index < -0.39 is 11.8 Å². The Balaban J connectivity index is 1.79. The van der Waals surface area contributed by atoms with Crippen LogP contribution in [-0.2, 0) is 0 Å². The molecule has 2 aromatic rings. The summed E-state index contributed by atoms with van der Waals surface area (Å²) >= 11 is 5.91. The number of benzene rings is 1. The molecule has 1 saturated heterocycles. The Morgan fingerprint density at radius 1 is 1.40 bits per heavy atom. The van der Waals surface area contributed by atoms with Crippen molar-refractivity contribution in [1.82, 2.24) is 9.97 Å². The summed E-state index contributed by atoms with van der Waals surface area (Å²) < 4.78 is 19.7. The molecule has 30 heavy (non-hydrogen) atoms. The molecule has 0 aliphatic carbocycles. The summed E-state index contributed by atoms with van der Waals surface area (Å²) in [5.41, 5.74) is -0.634. The highest BCUT2D eigenvalue weighted by Gasteiger charge is 2.27. The number of carboxylic acid groups (broad SMARTS) is 1. The van der Waals surface area contributed by atoms with Gasteiger partial charge in [0.15, 0.2) is 34.6 Å². The van der Waals surface area contributed by atoms with Crippen molar-refractivity contribution in [2.45, 2.75) is 38.8 Å². The largest absolute Gasteiger partial charge is 0.487 e. The molecule has 0 amide bonds. The molecule has 3 rings (SSSR count). The molecule has 1 aliphatic rings. The molecule has 10 heteroatoms. The van der Waals surface area contributed by atoms with E-state index in [4.69, 9.17) is 16.3 Å². The number of nitrogens with one attached hydrogen (secondary N) is 1. The fraction of sp³-hybridized carbons (Fsp3) is 0.400. The first-order valence-electron chi connectivity index (χ1n) is 9.47. The Labute approximate surface area is 178 Å². The summed E-state index contributed by atoms with van der Waals surface area (Å²) in [6, 6.07) is 5.96. The van der Waals surface area contributed by atoms with E-state index in [2.05, 4.69) is 15.3 Å². The number of anilines is 2. The molecular weight excluding hydrogens is 413 g/mol. The Morgan fingerprint density at radius 2 is 2.10 bits per heavy atom. The molecule has 158 valence electrons. The highest BCUT2D eigenvalue weighted by molar-refractivity contribution is 6.30. The van der Waals surface area contributed by atoms with Gasteiger partial charge in [0.25, 0.3) is 0 Å². The number of ether oxygens (including phenoxy) is 1. The zero-order chi connectivity index (χ0) is 21.8. The van der Waals surface area contributed by atoms with Gasteiger partial charge in [0.2, 0.25) is 0 Å². The molecule has 0 saturated carbocycles. The van der Waals surface area contributed by atoms with Crippen LogP contribution < -0.4 is 15.0 Å². The molecule has 2 N–H and O–H groups in total. The van der Waals surface area contributed by atoms with Crippen LogP contribution in [-0.4, -0.2) is 46.3 Å². The average Bonchev–Trinajstić information content (AvgIpc) is 2.70. The smallest absolute Gasteiger partial charge is 0.357 e. The minimum Gasteiger partial charge on any atom is -0.487 e. The number of aromatic carboxylic acids is 1. The van der Waals surface area contributed by atoms with Crippen molar-refractivity contribution in [3.8, 4) is 11.8 Å². The minimum atomic E-state index is -1.31. The number of nitriles is 1. The molecule has 0 atom stereocenters. The van der Waals surface area contributed by atoms with Crippen LogP contribution in [0.15, 0.2) is 18.2 Å². The van der Waals surface area contributed by atoms with Gasteiger partial charge in [-0.05, 0) is 26.0 Å². The highest BCUT2D eigenvalue weighted by Crippen LogP contribution is 2.29. The highest BCUT2D eigenvalue weighted by atomic mass is 35.5. The van der Waals surface area contributed by atoms with E-state index in [0.717, 1.165) is 0 Å². The molecule has 1 fully saturated rings. The molecule has 1 aromatic carbocycles. The van der Waals surface area contributed by atoms with Crippen molar-refractivity contribution in [3.63, 3.8) is 0 Å². The summed E-state index contributed by atoms with van der Waals surface area (Å²) in [6.07, 6.45) is 0.951. The third kappa shape index (κ3) is 4.89. The van der Waals surface area contributed by atoms with Gasteiger partial charge in [-0.3, -0.25) is 0 Å². The number of aromatic nitrogens is 2. The Kier molecular flexibility index (Phi) is 6.57. The number of hydrogen-bond donors (Lipinski definition) is 2. The maximum atomic E-state index is 13.9. The van der Waals surface area contributed by atoms with Crippen molar-refractivity contribution in [2.75, 3.05) is 23.3 Å². The summed E-state index contributed by atoms with van der Waals surface area (Å²) in [7, 11) is 0. The lowest BCUT2D eigenvalue weighted by Gasteiger charge is -2.34. The lowest BCUT2D eigenvalue weighted by Crippen LogP contribution is -2.39. The number of rotatable bonds is 6. The standard InChI is InChI=1S/C20H21ClFN5O3/c1-11(2)24-18-19(25-15(10-23)17(26-18)20(28)29)27-7-5-13(6-8-27)30-16-9-12(21)3-4-14(16)22/h3-4,9,11,13H,5-8H2,1-2H3,(H,24,26)(H,28,29). The lowest BCUT2D eigenvalue weighted by molar-refractivity contribution is 0.0689. The van der Waals surface area contributed by atoms with Crippen LogP contribution in [0.5, 0.6) is 5.75 Å². The van der Waals surface area contributed by atoms with E-state index in [0.29, 0.717) is 42.6 Å². The van der Waals surface area contributed by atoms with E-state index in [-0.39, 0.29) is 29.3 Å². The summed E-state index contributed by atoms with van der Waals surface area (Å²) in [5.74, 6) is -0.952. The van der Waals surface area contributed by atoms with Gasteiger partial charge < -0.3 is 20.1 Å². The Morgan fingerprint density at radius 3 is 2.70 bits per heavy atom. The number of carboxylic acids is 1. The molecule has 0 spiro atoms. The molecule has 0 radical (unpaired) electrons. The van der Waals surface area contributed by atoms with E-state index in [1.807, 2.05) is 18.7 Å². The average molecular weight is 434 g/mol. The number of hydrogen-bond acceptors (Lipinski definition) is 7. The number of piperidine rings is 1. The third-order valence-corrected chi connectivity index (χ3v) is 4.77. The van der Waals surface area contributed by atoms with Gasteiger partial charge in [0.1, 0.15) is 12.2 Å². The van der Waals surface area contributed by atoms with E-state index >= 15 is 0 Å². The monoisotopic (exact) mass is 433 g/mol. The van der Waals surface area contributed by atoms with Crippen LogP contribution in [0.4, 0.5) is 16.0 Å². The molecule has 2 heterocycles. The SMILES string of the molecule is CC(C)Nc1nc(C(=O)O)c(C#N)nc1N1CCC(Oc2cc(Cl)ccc2F)CC1. The van der Waals surface area contributed by atoms with Crippen LogP contribution in [0.25, 0.3) is 0 Å². The Bertz CT molecular complexity index is 987. The summed E-state index contributed by atoms with van der Waals surface area (Å²) in [6.45, 7) is 4.82. The maximum absolute atomic E-state index is 13.9. The van der Waals surface area contributed by atoms with Crippen LogP contribution in [0.1, 0.15) is 42.9 Å². The second kappa shape index (κ2) is 9.13.